The van der Waals surface area contributed by atoms with Crippen LogP contribution in [-0.2, 0) is 6.42 Å². The molecule has 0 radical (unpaired) electrons. The molecule has 1 aromatic carbocycles. The molecule has 0 aliphatic carbocycles. The van der Waals surface area contributed by atoms with Gasteiger partial charge in [0.05, 0.1) is 5.38 Å². The Morgan fingerprint density at radius 3 is 2.42 bits per heavy atom. The third-order valence-corrected chi connectivity index (χ3v) is 3.65. The van der Waals surface area contributed by atoms with Crippen LogP contribution in [0.15, 0.2) is 40.8 Å². The first-order valence-corrected chi connectivity index (χ1v) is 7.37. The van der Waals surface area contributed by atoms with Crippen molar-refractivity contribution in [2.24, 2.45) is 5.92 Å². The molecule has 1 heterocycles. The van der Waals surface area contributed by atoms with Crippen LogP contribution in [0.2, 0.25) is 0 Å². The molecular formula is C17H21ClO. The molecule has 0 spiro atoms. The second kappa shape index (κ2) is 6.29. The number of halogens is 1. The fourth-order valence-corrected chi connectivity index (χ4v) is 2.81. The Morgan fingerprint density at radius 1 is 1.16 bits per heavy atom. The summed E-state index contributed by atoms with van der Waals surface area (Å²) in [6.07, 6.45) is 1.85. The minimum atomic E-state index is 0.0381. The van der Waals surface area contributed by atoms with Crippen molar-refractivity contribution in [1.82, 2.24) is 0 Å². The summed E-state index contributed by atoms with van der Waals surface area (Å²) in [7, 11) is 0. The maximum absolute atomic E-state index is 6.53. The fraction of sp³-hybridized carbons (Fsp3) is 0.412. The molecule has 1 aromatic heterocycles. The van der Waals surface area contributed by atoms with Crippen molar-refractivity contribution in [1.29, 1.82) is 0 Å². The van der Waals surface area contributed by atoms with Crippen LogP contribution in [0.3, 0.4) is 0 Å². The molecule has 102 valence electrons. The molecule has 0 bridgehead atoms. The van der Waals surface area contributed by atoms with Gasteiger partial charge in [-0.2, -0.15) is 0 Å². The molecule has 0 fully saturated rings. The summed E-state index contributed by atoms with van der Waals surface area (Å²) in [5, 5.41) is 0.0381. The lowest BCUT2D eigenvalue weighted by Crippen LogP contribution is -1.97. The molecule has 1 unspecified atom stereocenters. The topological polar surface area (TPSA) is 13.1 Å². The molecule has 0 saturated heterocycles. The van der Waals surface area contributed by atoms with E-state index in [4.69, 9.17) is 16.0 Å². The van der Waals surface area contributed by atoms with Gasteiger partial charge in [0.1, 0.15) is 11.5 Å². The molecule has 0 saturated carbocycles. The van der Waals surface area contributed by atoms with Gasteiger partial charge in [0.25, 0.3) is 0 Å². The van der Waals surface area contributed by atoms with E-state index in [9.17, 15) is 0 Å². The molecule has 1 atom stereocenters. The van der Waals surface area contributed by atoms with Crippen LogP contribution in [0.5, 0.6) is 0 Å². The van der Waals surface area contributed by atoms with Gasteiger partial charge in [0.2, 0.25) is 0 Å². The predicted octanol–water partition coefficient (Wildman–Crippen LogP) is 5.84. The van der Waals surface area contributed by atoms with Crippen LogP contribution in [-0.4, -0.2) is 0 Å². The van der Waals surface area contributed by atoms with E-state index in [1.54, 1.807) is 0 Å². The van der Waals surface area contributed by atoms with Crippen molar-refractivity contribution < 1.29 is 4.42 Å². The van der Waals surface area contributed by atoms with Gasteiger partial charge in [0.15, 0.2) is 0 Å². The average molecular weight is 277 g/mol. The molecule has 2 aromatic rings. The second-order valence-electron chi connectivity index (χ2n) is 5.31. The van der Waals surface area contributed by atoms with E-state index in [0.29, 0.717) is 5.92 Å². The number of benzene rings is 1. The summed E-state index contributed by atoms with van der Waals surface area (Å²) in [5.41, 5.74) is 2.26. The number of aryl methyl sites for hydroxylation is 1. The number of rotatable bonds is 5. The zero-order chi connectivity index (χ0) is 13.8. The summed E-state index contributed by atoms with van der Waals surface area (Å²) < 4.78 is 5.97. The first-order chi connectivity index (χ1) is 9.11. The van der Waals surface area contributed by atoms with Crippen LogP contribution < -0.4 is 0 Å². The Hall–Kier alpha value is -1.21. The van der Waals surface area contributed by atoms with Crippen molar-refractivity contribution in [2.75, 3.05) is 0 Å². The van der Waals surface area contributed by atoms with Gasteiger partial charge in [-0.15, -0.1) is 11.6 Å². The van der Waals surface area contributed by atoms with Gasteiger partial charge < -0.3 is 4.42 Å². The quantitative estimate of drug-likeness (QED) is 0.626. The maximum atomic E-state index is 6.53. The third-order valence-electron chi connectivity index (χ3n) is 3.24. The van der Waals surface area contributed by atoms with E-state index in [1.807, 2.05) is 18.2 Å². The Labute approximate surface area is 120 Å². The van der Waals surface area contributed by atoms with E-state index >= 15 is 0 Å². The van der Waals surface area contributed by atoms with Gasteiger partial charge in [-0.05, 0) is 18.4 Å². The highest BCUT2D eigenvalue weighted by Gasteiger charge is 2.19. The summed E-state index contributed by atoms with van der Waals surface area (Å²) in [4.78, 5) is 0. The highest BCUT2D eigenvalue weighted by molar-refractivity contribution is 6.20. The van der Waals surface area contributed by atoms with Crippen molar-refractivity contribution >= 4 is 11.6 Å². The lowest BCUT2D eigenvalue weighted by atomic mass is 10.0. The van der Waals surface area contributed by atoms with Crippen LogP contribution in [0.4, 0.5) is 0 Å². The SMILES string of the molecule is CCc1oc(-c2ccccc2)cc1C(Cl)CC(C)C. The average Bonchev–Trinajstić information content (AvgIpc) is 2.83. The Kier molecular flexibility index (Phi) is 4.71. The largest absolute Gasteiger partial charge is 0.461 e. The standard InChI is InChI=1S/C17H21ClO/c1-4-16-14(15(18)10-12(2)3)11-17(19-16)13-8-6-5-7-9-13/h5-9,11-12,15H,4,10H2,1-3H3. The molecule has 2 rings (SSSR count). The van der Waals surface area contributed by atoms with Crippen molar-refractivity contribution in [3.8, 4) is 11.3 Å². The van der Waals surface area contributed by atoms with Gasteiger partial charge >= 0.3 is 0 Å². The van der Waals surface area contributed by atoms with Crippen LogP contribution in [0, 0.1) is 5.92 Å². The minimum Gasteiger partial charge on any atom is -0.461 e. The third kappa shape index (κ3) is 3.42. The highest BCUT2D eigenvalue weighted by Crippen LogP contribution is 2.35. The number of furan rings is 1. The van der Waals surface area contributed by atoms with Crippen LogP contribution in [0.1, 0.15) is 43.9 Å². The monoisotopic (exact) mass is 276 g/mol. The summed E-state index contributed by atoms with van der Waals surface area (Å²) in [5.74, 6) is 2.52. The summed E-state index contributed by atoms with van der Waals surface area (Å²) in [6.45, 7) is 6.49. The van der Waals surface area contributed by atoms with Crippen molar-refractivity contribution in [3.63, 3.8) is 0 Å². The lowest BCUT2D eigenvalue weighted by molar-refractivity contribution is 0.514. The summed E-state index contributed by atoms with van der Waals surface area (Å²) in [6, 6.07) is 12.3. The molecule has 2 heteroatoms. The molecule has 0 N–H and O–H groups in total. The maximum Gasteiger partial charge on any atom is 0.134 e. The number of hydrogen-bond donors (Lipinski definition) is 0. The zero-order valence-corrected chi connectivity index (χ0v) is 12.6. The normalized spacial score (nSPS) is 12.9. The zero-order valence-electron chi connectivity index (χ0n) is 11.8. The minimum absolute atomic E-state index is 0.0381. The van der Waals surface area contributed by atoms with E-state index < -0.39 is 0 Å². The predicted molar refractivity (Wildman–Crippen MR) is 81.6 cm³/mol. The summed E-state index contributed by atoms with van der Waals surface area (Å²) >= 11 is 6.53. The van der Waals surface area contributed by atoms with E-state index in [0.717, 1.165) is 35.5 Å². The molecule has 0 aliphatic rings. The Morgan fingerprint density at radius 2 is 1.84 bits per heavy atom. The molecular weight excluding hydrogens is 256 g/mol. The van der Waals surface area contributed by atoms with Crippen molar-refractivity contribution in [3.05, 3.63) is 47.7 Å². The fourth-order valence-electron chi connectivity index (χ4n) is 2.27. The van der Waals surface area contributed by atoms with Crippen LogP contribution in [0.25, 0.3) is 11.3 Å². The first kappa shape index (κ1) is 14.2. The lowest BCUT2D eigenvalue weighted by Gasteiger charge is -2.11. The van der Waals surface area contributed by atoms with Crippen LogP contribution >= 0.6 is 11.6 Å². The molecule has 19 heavy (non-hydrogen) atoms. The molecule has 0 amide bonds. The Balaban J connectivity index is 2.32. The van der Waals surface area contributed by atoms with E-state index in [1.165, 1.54) is 0 Å². The second-order valence-corrected chi connectivity index (χ2v) is 5.83. The van der Waals surface area contributed by atoms with Gasteiger partial charge in [-0.25, -0.2) is 0 Å². The number of alkyl halides is 1. The Bertz CT molecular complexity index is 513. The van der Waals surface area contributed by atoms with Gasteiger partial charge in [-0.3, -0.25) is 0 Å². The molecule has 0 aliphatic heterocycles. The van der Waals surface area contributed by atoms with E-state index in [2.05, 4.69) is 39.0 Å². The smallest absolute Gasteiger partial charge is 0.134 e. The number of hydrogen-bond acceptors (Lipinski definition) is 1. The first-order valence-electron chi connectivity index (χ1n) is 6.94. The molecule has 1 nitrogen and oxygen atoms in total. The van der Waals surface area contributed by atoms with Gasteiger partial charge in [-0.1, -0.05) is 51.1 Å². The highest BCUT2D eigenvalue weighted by atomic mass is 35.5. The van der Waals surface area contributed by atoms with Crippen molar-refractivity contribution in [2.45, 2.75) is 39.0 Å². The van der Waals surface area contributed by atoms with Gasteiger partial charge in [0, 0.05) is 17.5 Å². The van der Waals surface area contributed by atoms with E-state index in [-0.39, 0.29) is 5.38 Å².